The van der Waals surface area contributed by atoms with Gasteiger partial charge >= 0.3 is 6.18 Å². The number of carbonyl (C=O) groups excluding carboxylic acids is 1. The number of nitrogens with one attached hydrogen (secondary N) is 1. The van der Waals surface area contributed by atoms with E-state index in [-0.39, 0.29) is 17.8 Å². The van der Waals surface area contributed by atoms with Gasteiger partial charge in [0, 0.05) is 48.0 Å². The minimum atomic E-state index is -4.38. The number of halogens is 4. The first-order valence-corrected chi connectivity index (χ1v) is 10.9. The lowest BCUT2D eigenvalue weighted by atomic mass is 9.82. The maximum Gasteiger partial charge on any atom is 0.416 e. The summed E-state index contributed by atoms with van der Waals surface area (Å²) in [7, 11) is 0. The fourth-order valence-electron chi connectivity index (χ4n) is 5.20. The van der Waals surface area contributed by atoms with Crippen molar-refractivity contribution in [3.8, 4) is 0 Å². The second kappa shape index (κ2) is 7.73. The third-order valence-corrected chi connectivity index (χ3v) is 6.84. The average molecular weight is 457 g/mol. The number of hydrogen-bond donors (Lipinski definition) is 1. The molecule has 1 N–H and O–H groups in total. The normalized spacial score (nSPS) is 23.8. The lowest BCUT2D eigenvalue weighted by molar-refractivity contribution is -0.137. The molecule has 2 atom stereocenters. The van der Waals surface area contributed by atoms with Gasteiger partial charge in [-0.05, 0) is 55.7 Å². The molecular weight excluding hydrogens is 434 g/mol. The molecule has 1 amide bonds. The number of rotatable bonds is 3. The predicted octanol–water partition coefficient (Wildman–Crippen LogP) is 5.65. The molecule has 3 aromatic rings. The van der Waals surface area contributed by atoms with Crippen LogP contribution in [0.4, 0.5) is 23.2 Å². The van der Waals surface area contributed by atoms with Crippen molar-refractivity contribution in [2.45, 2.75) is 44.1 Å². The van der Waals surface area contributed by atoms with Crippen LogP contribution < -0.4 is 4.90 Å². The van der Waals surface area contributed by atoms with E-state index in [0.29, 0.717) is 37.1 Å². The number of alkyl halides is 3. The molecule has 1 aromatic heterocycles. The number of hydrogen-bond acceptors (Lipinski definition) is 2. The molecule has 0 aliphatic carbocycles. The second-order valence-electron chi connectivity index (χ2n) is 8.94. The van der Waals surface area contributed by atoms with Crippen molar-refractivity contribution in [2.24, 2.45) is 0 Å². The Hall–Kier alpha value is -3.13. The van der Waals surface area contributed by atoms with Gasteiger partial charge in [0.05, 0.1) is 11.1 Å². The molecule has 33 heavy (non-hydrogen) atoms. The van der Waals surface area contributed by atoms with Crippen LogP contribution in [0.5, 0.6) is 0 Å². The van der Waals surface area contributed by atoms with Gasteiger partial charge < -0.3 is 4.98 Å². The number of nitrogens with zero attached hydrogens (tertiary/aromatic N) is 2. The molecule has 1 fully saturated rings. The third kappa shape index (κ3) is 3.82. The molecule has 4 nitrogen and oxygen atoms in total. The molecule has 2 aliphatic heterocycles. The van der Waals surface area contributed by atoms with E-state index in [0.717, 1.165) is 23.1 Å². The molecule has 0 radical (unpaired) electrons. The van der Waals surface area contributed by atoms with Crippen LogP contribution in [0.15, 0.2) is 60.8 Å². The highest BCUT2D eigenvalue weighted by molar-refractivity contribution is 6.06. The zero-order chi connectivity index (χ0) is 23.4. The maximum atomic E-state index is 13.8. The summed E-state index contributed by atoms with van der Waals surface area (Å²) in [4.78, 5) is 19.6. The summed E-state index contributed by atoms with van der Waals surface area (Å²) in [6.07, 6.45) is 2.22. The summed E-state index contributed by atoms with van der Waals surface area (Å²) in [6.45, 7) is 3.36. The lowest BCUT2D eigenvalue weighted by Crippen LogP contribution is -2.56. The minimum Gasteiger partial charge on any atom is -0.361 e. The van der Waals surface area contributed by atoms with E-state index in [9.17, 15) is 22.4 Å². The van der Waals surface area contributed by atoms with Gasteiger partial charge in [-0.25, -0.2) is 4.39 Å². The lowest BCUT2D eigenvalue weighted by Gasteiger charge is -2.47. The van der Waals surface area contributed by atoms with E-state index in [1.165, 1.54) is 18.2 Å². The quantitative estimate of drug-likeness (QED) is 0.516. The Labute approximate surface area is 188 Å². The summed E-state index contributed by atoms with van der Waals surface area (Å²) < 4.78 is 52.9. The number of anilines is 1. The molecule has 8 heteroatoms. The summed E-state index contributed by atoms with van der Waals surface area (Å²) in [5.74, 6) is -0.542. The van der Waals surface area contributed by atoms with Crippen molar-refractivity contribution in [1.82, 2.24) is 9.88 Å². The van der Waals surface area contributed by atoms with E-state index in [2.05, 4.69) is 16.8 Å². The summed E-state index contributed by atoms with van der Waals surface area (Å²) >= 11 is 0. The molecule has 2 unspecified atom stereocenters. The van der Waals surface area contributed by atoms with E-state index in [4.69, 9.17) is 0 Å². The first-order chi connectivity index (χ1) is 15.7. The van der Waals surface area contributed by atoms with Crippen LogP contribution in [-0.4, -0.2) is 33.9 Å². The highest BCUT2D eigenvalue weighted by Crippen LogP contribution is 2.41. The first-order valence-electron chi connectivity index (χ1n) is 10.9. The third-order valence-electron chi connectivity index (χ3n) is 6.84. The van der Waals surface area contributed by atoms with Crippen LogP contribution in [0.3, 0.4) is 0 Å². The van der Waals surface area contributed by atoms with Gasteiger partial charge in [-0.1, -0.05) is 18.2 Å². The largest absolute Gasteiger partial charge is 0.416 e. The standard InChI is InChI=1S/C25H23F4N3O/c1-16-13-24(8-7-23(33)32(24)20-4-2-3-19(26)12-20)9-10-31(16)15-17-14-30-22-11-18(25(27,28)29)5-6-21(17)22/h2-8,11-12,14,16,30H,9-10,13,15H2,1H3. The number of H-pyrrole nitrogens is 1. The number of benzene rings is 2. The number of carbonyl (C=O) groups is 1. The topological polar surface area (TPSA) is 39.3 Å². The molecular formula is C25H23F4N3O. The molecule has 3 heterocycles. The summed E-state index contributed by atoms with van der Waals surface area (Å²) in [5.41, 5.74) is 0.751. The number of amides is 1. The number of aromatic nitrogens is 1. The van der Waals surface area contributed by atoms with Crippen molar-refractivity contribution >= 4 is 22.5 Å². The van der Waals surface area contributed by atoms with E-state index < -0.39 is 17.3 Å². The van der Waals surface area contributed by atoms with Gasteiger partial charge in [-0.15, -0.1) is 0 Å². The highest BCUT2D eigenvalue weighted by atomic mass is 19.4. The zero-order valence-corrected chi connectivity index (χ0v) is 18.0. The van der Waals surface area contributed by atoms with E-state index in [1.807, 2.05) is 6.08 Å². The molecule has 5 rings (SSSR count). The Morgan fingerprint density at radius 1 is 1.18 bits per heavy atom. The van der Waals surface area contributed by atoms with E-state index in [1.54, 1.807) is 29.3 Å². The van der Waals surface area contributed by atoms with Gasteiger partial charge in [-0.2, -0.15) is 13.2 Å². The van der Waals surface area contributed by atoms with Crippen LogP contribution in [-0.2, 0) is 17.5 Å². The Bertz CT molecular complexity index is 1250. The van der Waals surface area contributed by atoms with Crippen molar-refractivity contribution in [3.05, 3.63) is 77.8 Å². The maximum absolute atomic E-state index is 13.8. The molecule has 1 spiro atoms. The van der Waals surface area contributed by atoms with Crippen molar-refractivity contribution in [3.63, 3.8) is 0 Å². The predicted molar refractivity (Wildman–Crippen MR) is 118 cm³/mol. The van der Waals surface area contributed by atoms with Gasteiger partial charge in [0.15, 0.2) is 0 Å². The Morgan fingerprint density at radius 2 is 2.00 bits per heavy atom. The van der Waals surface area contributed by atoms with Crippen LogP contribution in [0.2, 0.25) is 0 Å². The molecule has 2 aliphatic rings. The van der Waals surface area contributed by atoms with Gasteiger partial charge in [0.25, 0.3) is 5.91 Å². The van der Waals surface area contributed by atoms with Gasteiger partial charge in [0.1, 0.15) is 5.82 Å². The Kier molecular flexibility index (Phi) is 5.08. The fourth-order valence-corrected chi connectivity index (χ4v) is 5.20. The van der Waals surface area contributed by atoms with Crippen LogP contribution in [0.1, 0.15) is 30.9 Å². The highest BCUT2D eigenvalue weighted by Gasteiger charge is 2.46. The van der Waals surface area contributed by atoms with Crippen LogP contribution >= 0.6 is 0 Å². The number of piperidine rings is 1. The number of likely N-dealkylation sites (tertiary alicyclic amines) is 1. The molecule has 172 valence electrons. The second-order valence-corrected chi connectivity index (χ2v) is 8.94. The van der Waals surface area contributed by atoms with Crippen molar-refractivity contribution in [2.75, 3.05) is 11.4 Å². The van der Waals surface area contributed by atoms with Crippen molar-refractivity contribution < 1.29 is 22.4 Å². The van der Waals surface area contributed by atoms with Crippen LogP contribution in [0.25, 0.3) is 10.9 Å². The average Bonchev–Trinajstić information content (AvgIpc) is 3.30. The summed E-state index contributed by atoms with van der Waals surface area (Å²) in [5, 5.41) is 0.771. The number of aromatic amines is 1. The van der Waals surface area contributed by atoms with E-state index >= 15 is 0 Å². The fraction of sp³-hybridized carbons (Fsp3) is 0.320. The van der Waals surface area contributed by atoms with Gasteiger partial charge in [-0.3, -0.25) is 14.6 Å². The van der Waals surface area contributed by atoms with Crippen molar-refractivity contribution in [1.29, 1.82) is 0 Å². The van der Waals surface area contributed by atoms with Gasteiger partial charge in [0.2, 0.25) is 0 Å². The molecule has 0 saturated carbocycles. The Morgan fingerprint density at radius 3 is 2.73 bits per heavy atom. The molecule has 0 bridgehead atoms. The molecule has 1 saturated heterocycles. The minimum absolute atomic E-state index is 0.102. The smallest absolute Gasteiger partial charge is 0.361 e. The van der Waals surface area contributed by atoms with Crippen LogP contribution in [0, 0.1) is 5.82 Å². The SMILES string of the molecule is CC1CC2(C=CC(=O)N2c2cccc(F)c2)CCN1Cc1c[nH]c2cc(C(F)(F)F)ccc12. The first kappa shape index (κ1) is 21.7. The Balaban J connectivity index is 1.36. The monoisotopic (exact) mass is 457 g/mol. The summed E-state index contributed by atoms with van der Waals surface area (Å²) in [6, 6.07) is 9.95. The molecule has 2 aromatic carbocycles. The zero-order valence-electron chi connectivity index (χ0n) is 18.0. The number of fused-ring (bicyclic) bond motifs is 1.